The van der Waals surface area contributed by atoms with Crippen LogP contribution in [0.25, 0.3) is 0 Å². The first-order chi connectivity index (χ1) is 6.61. The second-order valence-corrected chi connectivity index (χ2v) is 3.87. The van der Waals surface area contributed by atoms with Crippen LogP contribution in [0.3, 0.4) is 0 Å². The lowest BCUT2D eigenvalue weighted by Gasteiger charge is -2.15. The molecular weight excluding hydrogens is 178 g/mol. The molecule has 4 nitrogen and oxygen atoms in total. The van der Waals surface area contributed by atoms with Gasteiger partial charge in [-0.1, -0.05) is 20.8 Å². The number of hydrogen-bond acceptors (Lipinski definition) is 3. The highest BCUT2D eigenvalue weighted by molar-refractivity contribution is 5.29. The van der Waals surface area contributed by atoms with E-state index in [1.165, 1.54) is 6.20 Å². The van der Waals surface area contributed by atoms with Crippen molar-refractivity contribution in [2.24, 2.45) is 11.8 Å². The number of rotatable bonds is 4. The number of H-pyrrole nitrogens is 1. The van der Waals surface area contributed by atoms with Crippen LogP contribution < -0.4 is 10.9 Å². The van der Waals surface area contributed by atoms with Gasteiger partial charge in [0.05, 0.1) is 0 Å². The maximum absolute atomic E-state index is 11.2. The Morgan fingerprint density at radius 2 is 2.21 bits per heavy atom. The van der Waals surface area contributed by atoms with E-state index in [0.29, 0.717) is 17.7 Å². The van der Waals surface area contributed by atoms with Crippen LogP contribution >= 0.6 is 0 Å². The molecule has 0 aromatic carbocycles. The van der Waals surface area contributed by atoms with Crippen LogP contribution in [0.5, 0.6) is 0 Å². The predicted molar refractivity (Wildman–Crippen MR) is 57.3 cm³/mol. The minimum absolute atomic E-state index is 0.163. The molecule has 14 heavy (non-hydrogen) atoms. The van der Waals surface area contributed by atoms with Crippen molar-refractivity contribution in [1.29, 1.82) is 0 Å². The first-order valence-electron chi connectivity index (χ1n) is 4.89. The number of hydrogen-bond donors (Lipinski definition) is 2. The lowest BCUT2D eigenvalue weighted by atomic mass is 9.98. The van der Waals surface area contributed by atoms with E-state index in [0.717, 1.165) is 6.54 Å². The van der Waals surface area contributed by atoms with Gasteiger partial charge in [0.1, 0.15) is 0 Å². The summed E-state index contributed by atoms with van der Waals surface area (Å²) in [6.07, 6.45) is 3.10. The topological polar surface area (TPSA) is 57.8 Å². The SMILES string of the molecule is CC(C)C(C)CNc1ncc[nH]c1=O. The predicted octanol–water partition coefficient (Wildman–Crippen LogP) is 1.47. The van der Waals surface area contributed by atoms with Crippen LogP contribution in [0.4, 0.5) is 5.82 Å². The summed E-state index contributed by atoms with van der Waals surface area (Å²) in [5.41, 5.74) is -0.163. The number of aromatic amines is 1. The second-order valence-electron chi connectivity index (χ2n) is 3.87. The fourth-order valence-electron chi connectivity index (χ4n) is 0.971. The molecule has 0 spiro atoms. The molecule has 1 atom stereocenters. The maximum atomic E-state index is 11.2. The fraction of sp³-hybridized carbons (Fsp3) is 0.600. The van der Waals surface area contributed by atoms with E-state index < -0.39 is 0 Å². The normalized spacial score (nSPS) is 12.9. The molecule has 0 radical (unpaired) electrons. The minimum atomic E-state index is -0.163. The highest BCUT2D eigenvalue weighted by atomic mass is 16.1. The molecule has 2 N–H and O–H groups in total. The molecule has 0 aliphatic carbocycles. The molecule has 1 aromatic rings. The van der Waals surface area contributed by atoms with Crippen molar-refractivity contribution >= 4 is 5.82 Å². The summed E-state index contributed by atoms with van der Waals surface area (Å²) in [6.45, 7) is 7.25. The van der Waals surface area contributed by atoms with Gasteiger partial charge in [0, 0.05) is 18.9 Å². The van der Waals surface area contributed by atoms with Gasteiger partial charge in [0.15, 0.2) is 5.82 Å². The number of nitrogens with one attached hydrogen (secondary N) is 2. The van der Waals surface area contributed by atoms with Crippen LogP contribution in [-0.2, 0) is 0 Å². The van der Waals surface area contributed by atoms with Gasteiger partial charge < -0.3 is 10.3 Å². The van der Waals surface area contributed by atoms with Crippen LogP contribution in [0.2, 0.25) is 0 Å². The van der Waals surface area contributed by atoms with Crippen LogP contribution in [0, 0.1) is 11.8 Å². The average molecular weight is 195 g/mol. The molecule has 4 heteroatoms. The monoisotopic (exact) mass is 195 g/mol. The van der Waals surface area contributed by atoms with Crippen molar-refractivity contribution in [3.05, 3.63) is 22.7 Å². The van der Waals surface area contributed by atoms with Crippen molar-refractivity contribution < 1.29 is 0 Å². The molecule has 0 bridgehead atoms. The number of anilines is 1. The molecule has 0 aliphatic heterocycles. The Hall–Kier alpha value is -1.32. The third-order valence-corrected chi connectivity index (χ3v) is 2.44. The van der Waals surface area contributed by atoms with Crippen LogP contribution in [0.15, 0.2) is 17.2 Å². The Morgan fingerprint density at radius 3 is 2.79 bits per heavy atom. The third kappa shape index (κ3) is 2.87. The largest absolute Gasteiger partial charge is 0.365 e. The summed E-state index contributed by atoms with van der Waals surface area (Å²) >= 11 is 0. The molecule has 1 unspecified atom stereocenters. The Balaban J connectivity index is 2.54. The molecule has 0 fully saturated rings. The highest BCUT2D eigenvalue weighted by Gasteiger charge is 2.07. The second kappa shape index (κ2) is 4.79. The lowest BCUT2D eigenvalue weighted by Crippen LogP contribution is -2.21. The molecule has 0 saturated heterocycles. The quantitative estimate of drug-likeness (QED) is 0.765. The number of aromatic nitrogens is 2. The summed E-state index contributed by atoms with van der Waals surface area (Å²) in [5, 5.41) is 3.04. The van der Waals surface area contributed by atoms with E-state index in [4.69, 9.17) is 0 Å². The molecule has 0 amide bonds. The van der Waals surface area contributed by atoms with Gasteiger partial charge in [-0.05, 0) is 11.8 Å². The highest BCUT2D eigenvalue weighted by Crippen LogP contribution is 2.09. The molecule has 0 saturated carbocycles. The van der Waals surface area contributed by atoms with Crippen molar-refractivity contribution in [1.82, 2.24) is 9.97 Å². The first-order valence-corrected chi connectivity index (χ1v) is 4.89. The van der Waals surface area contributed by atoms with Crippen molar-refractivity contribution in [2.45, 2.75) is 20.8 Å². The van der Waals surface area contributed by atoms with Gasteiger partial charge in [-0.15, -0.1) is 0 Å². The van der Waals surface area contributed by atoms with Crippen molar-refractivity contribution in [3.63, 3.8) is 0 Å². The summed E-state index contributed by atoms with van der Waals surface area (Å²) in [7, 11) is 0. The zero-order valence-corrected chi connectivity index (χ0v) is 8.87. The van der Waals surface area contributed by atoms with Crippen molar-refractivity contribution in [3.8, 4) is 0 Å². The Labute approximate surface area is 83.8 Å². The van der Waals surface area contributed by atoms with E-state index in [1.807, 2.05) is 0 Å². The van der Waals surface area contributed by atoms with Crippen LogP contribution in [-0.4, -0.2) is 16.5 Å². The third-order valence-electron chi connectivity index (χ3n) is 2.44. The Morgan fingerprint density at radius 1 is 1.50 bits per heavy atom. The first kappa shape index (κ1) is 10.8. The van der Waals surface area contributed by atoms with E-state index >= 15 is 0 Å². The van der Waals surface area contributed by atoms with Gasteiger partial charge in [-0.3, -0.25) is 4.79 Å². The Bertz CT molecular complexity index is 332. The fourth-order valence-corrected chi connectivity index (χ4v) is 0.971. The molecule has 1 heterocycles. The zero-order valence-electron chi connectivity index (χ0n) is 8.87. The molecule has 1 rings (SSSR count). The summed E-state index contributed by atoms with van der Waals surface area (Å²) in [5.74, 6) is 1.53. The molecular formula is C10H17N3O. The van der Waals surface area contributed by atoms with E-state index in [1.54, 1.807) is 6.20 Å². The van der Waals surface area contributed by atoms with Crippen LogP contribution in [0.1, 0.15) is 20.8 Å². The van der Waals surface area contributed by atoms with Crippen molar-refractivity contribution in [2.75, 3.05) is 11.9 Å². The minimum Gasteiger partial charge on any atom is -0.365 e. The van der Waals surface area contributed by atoms with E-state index in [-0.39, 0.29) is 5.56 Å². The van der Waals surface area contributed by atoms with Gasteiger partial charge in [0.2, 0.25) is 0 Å². The van der Waals surface area contributed by atoms with Gasteiger partial charge in [-0.2, -0.15) is 0 Å². The maximum Gasteiger partial charge on any atom is 0.290 e. The molecule has 0 aliphatic rings. The summed E-state index contributed by atoms with van der Waals surface area (Å²) in [4.78, 5) is 17.7. The Kier molecular flexibility index (Phi) is 3.68. The smallest absolute Gasteiger partial charge is 0.290 e. The summed E-state index contributed by atoms with van der Waals surface area (Å²) < 4.78 is 0. The van der Waals surface area contributed by atoms with Gasteiger partial charge in [0.25, 0.3) is 5.56 Å². The summed E-state index contributed by atoms with van der Waals surface area (Å²) in [6, 6.07) is 0. The molecule has 1 aromatic heterocycles. The average Bonchev–Trinajstić information content (AvgIpc) is 2.16. The molecule has 78 valence electrons. The van der Waals surface area contributed by atoms with E-state index in [9.17, 15) is 4.79 Å². The standard InChI is InChI=1S/C10H17N3O/c1-7(2)8(3)6-13-9-10(14)12-5-4-11-9/h4-5,7-8H,6H2,1-3H3,(H,11,13)(H,12,14). The van der Waals surface area contributed by atoms with E-state index in [2.05, 4.69) is 36.1 Å². The van der Waals surface area contributed by atoms with Gasteiger partial charge in [-0.25, -0.2) is 4.98 Å². The van der Waals surface area contributed by atoms with Gasteiger partial charge >= 0.3 is 0 Å². The number of nitrogens with zero attached hydrogens (tertiary/aromatic N) is 1. The lowest BCUT2D eigenvalue weighted by molar-refractivity contribution is 0.439. The zero-order chi connectivity index (χ0) is 10.6.